The van der Waals surface area contributed by atoms with E-state index in [4.69, 9.17) is 24.2 Å². The Labute approximate surface area is 343 Å². The topological polar surface area (TPSA) is 188 Å². The van der Waals surface area contributed by atoms with Gasteiger partial charge in [0.25, 0.3) is 5.69 Å². The van der Waals surface area contributed by atoms with Crippen molar-refractivity contribution in [2.24, 2.45) is 22.9 Å². The highest BCUT2D eigenvalue weighted by molar-refractivity contribution is 8.00. The second-order valence-corrected chi connectivity index (χ2v) is 16.0. The Morgan fingerprint density at radius 1 is 1.14 bits per heavy atom. The molecule has 310 valence electrons. The highest BCUT2D eigenvalue weighted by Gasteiger charge is 2.64. The SMILES string of the molecule is C=CCOC12Oc3ccc(OC(=O)NCC)cc3C3C(CCCCO)C(CCCCO)C=C(C(=NOCc4ccc([N+](=O)[O-])cc4)CC1SCCc1cnccn1)C32. The second-order valence-electron chi connectivity index (χ2n) is 14.7. The van der Waals surface area contributed by atoms with Gasteiger partial charge in [0.05, 0.1) is 34.1 Å². The van der Waals surface area contributed by atoms with Crippen LogP contribution in [0.5, 0.6) is 11.5 Å². The number of carbonyl (C=O) groups excluding carboxylic acids is 1. The first kappa shape index (κ1) is 42.8. The van der Waals surface area contributed by atoms with Crippen LogP contribution in [-0.4, -0.2) is 80.1 Å². The summed E-state index contributed by atoms with van der Waals surface area (Å²) >= 11 is 1.72. The normalized spacial score (nSPS) is 23.8. The molecule has 15 heteroatoms. The van der Waals surface area contributed by atoms with E-state index >= 15 is 0 Å². The first-order valence-corrected chi connectivity index (χ1v) is 21.1. The molecule has 0 bridgehead atoms. The van der Waals surface area contributed by atoms with Gasteiger partial charge in [-0.3, -0.25) is 20.1 Å². The maximum absolute atomic E-state index is 12.7. The van der Waals surface area contributed by atoms with Crippen molar-refractivity contribution in [3.63, 3.8) is 0 Å². The van der Waals surface area contributed by atoms with Gasteiger partial charge in [-0.15, -0.1) is 6.58 Å². The predicted octanol–water partition coefficient (Wildman–Crippen LogP) is 7.30. The average molecular weight is 816 g/mol. The Hall–Kier alpha value is -4.83. The fraction of sp³-hybridized carbons (Fsp3) is 0.488. The van der Waals surface area contributed by atoms with Crippen molar-refractivity contribution in [3.05, 3.63) is 112 Å². The van der Waals surface area contributed by atoms with Crippen LogP contribution in [0.2, 0.25) is 0 Å². The van der Waals surface area contributed by atoms with E-state index in [2.05, 4.69) is 27.9 Å². The number of unbranched alkanes of at least 4 members (excludes halogenated alkanes) is 2. The number of aromatic nitrogens is 2. The molecule has 1 amide bonds. The van der Waals surface area contributed by atoms with Crippen LogP contribution < -0.4 is 14.8 Å². The minimum Gasteiger partial charge on any atom is -0.460 e. The van der Waals surface area contributed by atoms with Crippen LogP contribution in [0.3, 0.4) is 0 Å². The third-order valence-corrected chi connectivity index (χ3v) is 12.3. The molecule has 0 radical (unpaired) electrons. The molecule has 1 aromatic heterocycles. The maximum atomic E-state index is 12.7. The first-order valence-electron chi connectivity index (χ1n) is 20.1. The van der Waals surface area contributed by atoms with Crippen molar-refractivity contribution in [1.82, 2.24) is 15.3 Å². The van der Waals surface area contributed by atoms with Gasteiger partial charge in [-0.25, -0.2) is 4.79 Å². The summed E-state index contributed by atoms with van der Waals surface area (Å²) in [6.07, 6.45) is 14.3. The first-order chi connectivity index (χ1) is 28.3. The summed E-state index contributed by atoms with van der Waals surface area (Å²) in [5.41, 5.74) is 4.21. The van der Waals surface area contributed by atoms with Crippen LogP contribution in [0.1, 0.15) is 74.6 Å². The quantitative estimate of drug-likeness (QED) is 0.0422. The minimum absolute atomic E-state index is 0.00382. The molecule has 3 N–H and O–H groups in total. The lowest BCUT2D eigenvalue weighted by Gasteiger charge is -2.58. The van der Waals surface area contributed by atoms with Gasteiger partial charge in [0, 0.05) is 74.8 Å². The Morgan fingerprint density at radius 3 is 2.64 bits per heavy atom. The molecule has 14 nitrogen and oxygen atoms in total. The zero-order valence-electron chi connectivity index (χ0n) is 32.9. The number of nitro groups is 1. The van der Waals surface area contributed by atoms with Crippen molar-refractivity contribution in [2.75, 3.05) is 32.1 Å². The summed E-state index contributed by atoms with van der Waals surface area (Å²) < 4.78 is 19.9. The van der Waals surface area contributed by atoms with Crippen LogP contribution >= 0.6 is 11.8 Å². The van der Waals surface area contributed by atoms with Crippen molar-refractivity contribution in [2.45, 2.75) is 81.9 Å². The predicted molar refractivity (Wildman–Crippen MR) is 221 cm³/mol. The van der Waals surface area contributed by atoms with Gasteiger partial charge in [0.1, 0.15) is 18.1 Å². The molecule has 6 unspecified atom stereocenters. The van der Waals surface area contributed by atoms with Gasteiger partial charge < -0.3 is 34.6 Å². The number of nitrogens with zero attached hydrogens (tertiary/aromatic N) is 4. The molecular formula is C43H53N5O9S. The van der Waals surface area contributed by atoms with Crippen molar-refractivity contribution in [3.8, 4) is 11.5 Å². The van der Waals surface area contributed by atoms with E-state index in [1.165, 1.54) is 12.1 Å². The van der Waals surface area contributed by atoms with Crippen LogP contribution in [-0.2, 0) is 22.6 Å². The van der Waals surface area contributed by atoms with Gasteiger partial charge >= 0.3 is 6.09 Å². The number of nitro benzene ring substituents is 1. The molecule has 6 rings (SSSR count). The van der Waals surface area contributed by atoms with Gasteiger partial charge in [0.2, 0.25) is 5.79 Å². The highest BCUT2D eigenvalue weighted by Crippen LogP contribution is 2.62. The molecule has 1 fully saturated rings. The summed E-state index contributed by atoms with van der Waals surface area (Å²) in [6, 6.07) is 11.7. The Balaban J connectivity index is 1.48. The molecule has 58 heavy (non-hydrogen) atoms. The van der Waals surface area contributed by atoms with Crippen LogP contribution in [0.15, 0.2) is 90.5 Å². The summed E-state index contributed by atoms with van der Waals surface area (Å²) in [4.78, 5) is 38.3. The lowest BCUT2D eigenvalue weighted by atomic mass is 9.56. The van der Waals surface area contributed by atoms with E-state index in [1.807, 2.05) is 19.1 Å². The molecule has 0 saturated heterocycles. The minimum atomic E-state index is -1.17. The number of allylic oxidation sites excluding steroid dienone is 1. The largest absolute Gasteiger partial charge is 0.460 e. The van der Waals surface area contributed by atoms with Gasteiger partial charge in [-0.1, -0.05) is 30.1 Å². The fourth-order valence-corrected chi connectivity index (χ4v) is 9.87. The van der Waals surface area contributed by atoms with Crippen LogP contribution in [0.25, 0.3) is 0 Å². The number of aliphatic hydroxyl groups excluding tert-OH is 2. The number of benzene rings is 2. The smallest absolute Gasteiger partial charge is 0.412 e. The number of fused-ring (bicyclic) bond motifs is 2. The number of aliphatic hydroxyl groups is 2. The number of oxime groups is 1. The van der Waals surface area contributed by atoms with E-state index in [0.29, 0.717) is 49.5 Å². The van der Waals surface area contributed by atoms with E-state index < -0.39 is 16.8 Å². The molecule has 1 saturated carbocycles. The van der Waals surface area contributed by atoms with Crippen molar-refractivity contribution in [1.29, 1.82) is 0 Å². The number of hydrogen-bond donors (Lipinski definition) is 3. The summed E-state index contributed by atoms with van der Waals surface area (Å²) in [7, 11) is 0. The summed E-state index contributed by atoms with van der Waals surface area (Å²) in [5.74, 6) is 0.123. The highest BCUT2D eigenvalue weighted by atomic mass is 32.2. The zero-order chi connectivity index (χ0) is 40.9. The Morgan fingerprint density at radius 2 is 1.93 bits per heavy atom. The van der Waals surface area contributed by atoms with E-state index in [-0.39, 0.29) is 61.0 Å². The Bertz CT molecular complexity index is 1910. The second kappa shape index (κ2) is 20.7. The van der Waals surface area contributed by atoms with Gasteiger partial charge in [-0.2, -0.15) is 11.8 Å². The molecule has 6 atom stereocenters. The lowest BCUT2D eigenvalue weighted by Crippen LogP contribution is -2.64. The molecule has 3 aromatic rings. The van der Waals surface area contributed by atoms with Crippen molar-refractivity contribution < 1.29 is 39.0 Å². The number of amides is 1. The standard InChI is InChI=1S/C43H53N5O9S/c1-3-22-54-43-39(58-23-17-31-27-44-18-19-46-31)26-37(47-55-28-29-11-13-32(14-12-29)48(52)53)35-24-30(9-5-7-20-49)34(10-6-8-21-50)40(41(35)43)36-25-33(15-16-38(36)57-43)56-42(51)45-4-2/h3,11-16,18-19,24-25,27,30,34,39-41,49-50H,1,4-10,17,20-23,26,28H2,2H3,(H,45,51). The molecular weight excluding hydrogens is 763 g/mol. The molecule has 0 spiro atoms. The van der Waals surface area contributed by atoms with E-state index in [0.717, 1.165) is 53.8 Å². The third-order valence-electron chi connectivity index (χ3n) is 11.0. The van der Waals surface area contributed by atoms with Gasteiger partial charge in [-0.05, 0) is 91.7 Å². The summed E-state index contributed by atoms with van der Waals surface area (Å²) in [6.45, 7) is 6.75. The average Bonchev–Trinajstić information content (AvgIpc) is 3.23. The molecule has 2 aliphatic carbocycles. The fourth-order valence-electron chi connectivity index (χ4n) is 8.49. The number of ether oxygens (including phenoxy) is 3. The van der Waals surface area contributed by atoms with Crippen LogP contribution in [0, 0.1) is 27.9 Å². The van der Waals surface area contributed by atoms with E-state index in [9.17, 15) is 25.1 Å². The molecule has 2 aromatic carbocycles. The number of aryl methyl sites for hydroxylation is 1. The molecule has 3 aliphatic rings. The third kappa shape index (κ3) is 10.1. The van der Waals surface area contributed by atoms with E-state index in [1.54, 1.807) is 54.6 Å². The monoisotopic (exact) mass is 815 g/mol. The molecule has 2 heterocycles. The Kier molecular flexibility index (Phi) is 15.3. The zero-order valence-corrected chi connectivity index (χ0v) is 33.7. The number of hydrogen-bond acceptors (Lipinski definition) is 13. The van der Waals surface area contributed by atoms with Gasteiger partial charge in [0.15, 0.2) is 0 Å². The summed E-state index contributed by atoms with van der Waals surface area (Å²) in [5, 5.41) is 38.2. The number of thioether (sulfide) groups is 1. The number of non-ortho nitro benzene ring substituents is 1. The number of carbonyl (C=O) groups is 1. The lowest BCUT2D eigenvalue weighted by molar-refractivity contribution is -0.384. The number of rotatable bonds is 21. The number of nitrogens with one attached hydrogen (secondary N) is 1. The maximum Gasteiger partial charge on any atom is 0.412 e. The van der Waals surface area contributed by atoms with Crippen molar-refractivity contribution >= 4 is 29.3 Å². The molecule has 1 aliphatic heterocycles. The van der Waals surface area contributed by atoms with Crippen LogP contribution in [0.4, 0.5) is 10.5 Å².